The zero-order valence-electron chi connectivity index (χ0n) is 12.9. The first-order valence-electron chi connectivity index (χ1n) is 7.83. The SMILES string of the molecule is CCC(NC)c1cccc(S(=O)(=O)NCCC2CCC2)c1. The molecule has 2 N–H and O–H groups in total. The van der Waals surface area contributed by atoms with Crippen molar-refractivity contribution in [1.29, 1.82) is 0 Å². The molecule has 1 fully saturated rings. The van der Waals surface area contributed by atoms with E-state index < -0.39 is 10.0 Å². The van der Waals surface area contributed by atoms with Gasteiger partial charge in [-0.05, 0) is 43.5 Å². The van der Waals surface area contributed by atoms with E-state index in [9.17, 15) is 8.42 Å². The minimum atomic E-state index is -3.39. The number of hydrogen-bond acceptors (Lipinski definition) is 3. The Balaban J connectivity index is 2.02. The van der Waals surface area contributed by atoms with Crippen LogP contribution in [0.15, 0.2) is 29.2 Å². The summed E-state index contributed by atoms with van der Waals surface area (Å²) in [6.07, 6.45) is 5.67. The summed E-state index contributed by atoms with van der Waals surface area (Å²) in [5.74, 6) is 0.716. The largest absolute Gasteiger partial charge is 0.313 e. The van der Waals surface area contributed by atoms with Crippen molar-refractivity contribution < 1.29 is 8.42 Å². The van der Waals surface area contributed by atoms with Crippen molar-refractivity contribution in [2.24, 2.45) is 5.92 Å². The second-order valence-electron chi connectivity index (χ2n) is 5.81. The molecule has 1 aromatic rings. The molecule has 1 aliphatic rings. The first kappa shape index (κ1) is 16.5. The molecule has 0 spiro atoms. The van der Waals surface area contributed by atoms with E-state index in [0.717, 1.165) is 18.4 Å². The summed E-state index contributed by atoms with van der Waals surface area (Å²) in [5.41, 5.74) is 1.02. The van der Waals surface area contributed by atoms with Crippen LogP contribution in [0.3, 0.4) is 0 Å². The van der Waals surface area contributed by atoms with Gasteiger partial charge in [-0.15, -0.1) is 0 Å². The van der Waals surface area contributed by atoms with Gasteiger partial charge in [-0.1, -0.05) is 38.3 Å². The van der Waals surface area contributed by atoms with Gasteiger partial charge in [0, 0.05) is 12.6 Å². The Morgan fingerprint density at radius 2 is 2.10 bits per heavy atom. The minimum Gasteiger partial charge on any atom is -0.313 e. The number of nitrogens with one attached hydrogen (secondary N) is 2. The summed E-state index contributed by atoms with van der Waals surface area (Å²) in [4.78, 5) is 0.363. The molecule has 0 aromatic heterocycles. The van der Waals surface area contributed by atoms with Crippen LogP contribution in [-0.2, 0) is 10.0 Å². The second-order valence-corrected chi connectivity index (χ2v) is 7.57. The smallest absolute Gasteiger partial charge is 0.240 e. The van der Waals surface area contributed by atoms with Crippen molar-refractivity contribution in [2.75, 3.05) is 13.6 Å². The Morgan fingerprint density at radius 3 is 2.67 bits per heavy atom. The summed E-state index contributed by atoms with van der Waals surface area (Å²) >= 11 is 0. The van der Waals surface area contributed by atoms with E-state index in [0.29, 0.717) is 17.4 Å². The predicted molar refractivity (Wildman–Crippen MR) is 85.7 cm³/mol. The first-order valence-corrected chi connectivity index (χ1v) is 9.32. The molecule has 0 heterocycles. The third-order valence-electron chi connectivity index (χ3n) is 4.40. The standard InChI is InChI=1S/C16H26N2O2S/c1-3-16(17-2)14-8-5-9-15(12-14)21(19,20)18-11-10-13-6-4-7-13/h5,8-9,12-13,16-18H,3-4,6-7,10-11H2,1-2H3. The molecule has 4 nitrogen and oxygen atoms in total. The molecule has 0 saturated heterocycles. The van der Waals surface area contributed by atoms with E-state index in [1.807, 2.05) is 19.2 Å². The van der Waals surface area contributed by atoms with Crippen LogP contribution in [0.2, 0.25) is 0 Å². The lowest BCUT2D eigenvalue weighted by molar-refractivity contribution is 0.297. The maximum Gasteiger partial charge on any atom is 0.240 e. The minimum absolute atomic E-state index is 0.190. The van der Waals surface area contributed by atoms with E-state index in [-0.39, 0.29) is 6.04 Å². The zero-order valence-corrected chi connectivity index (χ0v) is 13.7. The van der Waals surface area contributed by atoms with Gasteiger partial charge >= 0.3 is 0 Å². The van der Waals surface area contributed by atoms with Crippen molar-refractivity contribution in [3.05, 3.63) is 29.8 Å². The summed E-state index contributed by atoms with van der Waals surface area (Å²) in [6.45, 7) is 2.62. The Hall–Kier alpha value is -0.910. The Bertz CT molecular complexity index is 549. The average Bonchev–Trinajstić information content (AvgIpc) is 2.43. The van der Waals surface area contributed by atoms with Crippen LogP contribution in [0.4, 0.5) is 0 Å². The fourth-order valence-electron chi connectivity index (χ4n) is 2.77. The number of sulfonamides is 1. The van der Waals surface area contributed by atoms with Gasteiger partial charge in [0.25, 0.3) is 0 Å². The Kier molecular flexibility index (Phi) is 5.79. The average molecular weight is 310 g/mol. The van der Waals surface area contributed by atoms with Crippen LogP contribution >= 0.6 is 0 Å². The van der Waals surface area contributed by atoms with E-state index in [1.54, 1.807) is 12.1 Å². The van der Waals surface area contributed by atoms with Gasteiger partial charge in [-0.3, -0.25) is 0 Å². The molecule has 0 aliphatic heterocycles. The number of rotatable bonds is 8. The fraction of sp³-hybridized carbons (Fsp3) is 0.625. The highest BCUT2D eigenvalue weighted by Crippen LogP contribution is 2.29. The van der Waals surface area contributed by atoms with Gasteiger partial charge in [0.1, 0.15) is 0 Å². The number of hydrogen-bond donors (Lipinski definition) is 2. The van der Waals surface area contributed by atoms with Gasteiger partial charge in [-0.25, -0.2) is 13.1 Å². The van der Waals surface area contributed by atoms with Crippen LogP contribution in [0.5, 0.6) is 0 Å². The molecule has 1 aliphatic carbocycles. The molecule has 21 heavy (non-hydrogen) atoms. The van der Waals surface area contributed by atoms with Gasteiger partial charge in [-0.2, -0.15) is 0 Å². The molecule has 1 unspecified atom stereocenters. The van der Waals surface area contributed by atoms with E-state index in [2.05, 4.69) is 17.0 Å². The molecule has 1 aromatic carbocycles. The maximum absolute atomic E-state index is 12.3. The van der Waals surface area contributed by atoms with Crippen molar-refractivity contribution in [2.45, 2.75) is 50.0 Å². The maximum atomic E-state index is 12.3. The number of benzene rings is 1. The van der Waals surface area contributed by atoms with E-state index >= 15 is 0 Å². The highest BCUT2D eigenvalue weighted by molar-refractivity contribution is 7.89. The molecule has 1 saturated carbocycles. The lowest BCUT2D eigenvalue weighted by Gasteiger charge is -2.25. The normalized spacial score (nSPS) is 17.4. The molecule has 0 bridgehead atoms. The Morgan fingerprint density at radius 1 is 1.33 bits per heavy atom. The fourth-order valence-corrected chi connectivity index (χ4v) is 3.87. The second kappa shape index (κ2) is 7.38. The van der Waals surface area contributed by atoms with Crippen molar-refractivity contribution in [1.82, 2.24) is 10.0 Å². The topological polar surface area (TPSA) is 58.2 Å². The van der Waals surface area contributed by atoms with Gasteiger partial charge in [0.15, 0.2) is 0 Å². The molecular formula is C16H26N2O2S. The molecular weight excluding hydrogens is 284 g/mol. The van der Waals surface area contributed by atoms with Crippen LogP contribution < -0.4 is 10.0 Å². The quantitative estimate of drug-likeness (QED) is 0.776. The first-order chi connectivity index (χ1) is 10.1. The third-order valence-corrected chi connectivity index (χ3v) is 5.86. The zero-order chi connectivity index (χ0) is 15.3. The summed E-state index contributed by atoms with van der Waals surface area (Å²) in [5, 5.41) is 3.20. The molecule has 5 heteroatoms. The molecule has 2 rings (SSSR count). The van der Waals surface area contributed by atoms with Gasteiger partial charge in [0.2, 0.25) is 10.0 Å². The van der Waals surface area contributed by atoms with Crippen LogP contribution in [-0.4, -0.2) is 22.0 Å². The van der Waals surface area contributed by atoms with Crippen LogP contribution in [0.25, 0.3) is 0 Å². The molecule has 0 amide bonds. The van der Waals surface area contributed by atoms with E-state index in [4.69, 9.17) is 0 Å². The molecule has 0 radical (unpaired) electrons. The Labute approximate surface area is 128 Å². The van der Waals surface area contributed by atoms with Crippen LogP contribution in [0.1, 0.15) is 50.6 Å². The highest BCUT2D eigenvalue weighted by atomic mass is 32.2. The predicted octanol–water partition coefficient (Wildman–Crippen LogP) is 2.83. The van der Waals surface area contributed by atoms with E-state index in [1.165, 1.54) is 19.3 Å². The molecule has 1 atom stereocenters. The lowest BCUT2D eigenvalue weighted by Crippen LogP contribution is -2.27. The van der Waals surface area contributed by atoms with Gasteiger partial charge in [0.05, 0.1) is 4.90 Å². The van der Waals surface area contributed by atoms with Gasteiger partial charge < -0.3 is 5.32 Å². The monoisotopic (exact) mass is 310 g/mol. The van der Waals surface area contributed by atoms with Crippen molar-refractivity contribution in [3.63, 3.8) is 0 Å². The van der Waals surface area contributed by atoms with Crippen LogP contribution in [0, 0.1) is 5.92 Å². The molecule has 118 valence electrons. The summed E-state index contributed by atoms with van der Waals surface area (Å²) in [6, 6.07) is 7.41. The van der Waals surface area contributed by atoms with Crippen molar-refractivity contribution >= 4 is 10.0 Å². The highest BCUT2D eigenvalue weighted by Gasteiger charge is 2.19. The lowest BCUT2D eigenvalue weighted by atomic mass is 9.83. The summed E-state index contributed by atoms with van der Waals surface area (Å²) in [7, 11) is -1.50. The van der Waals surface area contributed by atoms with Crippen molar-refractivity contribution in [3.8, 4) is 0 Å². The summed E-state index contributed by atoms with van der Waals surface area (Å²) < 4.78 is 27.4. The third kappa shape index (κ3) is 4.28.